The zero-order chi connectivity index (χ0) is 17.1. The van der Waals surface area contributed by atoms with E-state index in [9.17, 15) is 4.79 Å². The topological polar surface area (TPSA) is 98.3 Å². The molecule has 3 heterocycles. The summed E-state index contributed by atoms with van der Waals surface area (Å²) in [6, 6.07) is 9.29. The van der Waals surface area contributed by atoms with Crippen LogP contribution in [-0.2, 0) is 4.79 Å². The normalized spacial score (nSPS) is 25.8. The third kappa shape index (κ3) is 3.12. The third-order valence-electron chi connectivity index (χ3n) is 5.12. The van der Waals surface area contributed by atoms with E-state index in [1.54, 1.807) is 0 Å². The molecule has 2 atom stereocenters. The first-order chi connectivity index (χ1) is 11.6. The van der Waals surface area contributed by atoms with Crippen molar-refractivity contribution in [3.8, 4) is 0 Å². The van der Waals surface area contributed by atoms with Crippen molar-refractivity contribution in [3.05, 3.63) is 30.0 Å². The van der Waals surface area contributed by atoms with Crippen LogP contribution in [0.1, 0.15) is 36.2 Å². The maximum Gasteiger partial charge on any atom is 0.290 e. The van der Waals surface area contributed by atoms with E-state index in [0.717, 1.165) is 23.7 Å². The van der Waals surface area contributed by atoms with Crippen LogP contribution in [0, 0.1) is 0 Å². The van der Waals surface area contributed by atoms with E-state index in [2.05, 4.69) is 27.5 Å². The van der Waals surface area contributed by atoms with Crippen molar-refractivity contribution in [2.75, 3.05) is 7.05 Å². The minimum atomic E-state index is -0.250. The molecule has 0 saturated carbocycles. The van der Waals surface area contributed by atoms with Crippen LogP contribution in [0.4, 0.5) is 0 Å². The van der Waals surface area contributed by atoms with E-state index in [0.29, 0.717) is 17.8 Å². The van der Waals surface area contributed by atoms with Crippen LogP contribution in [0.2, 0.25) is 0 Å². The molecule has 2 bridgehead atoms. The lowest BCUT2D eigenvalue weighted by molar-refractivity contribution is -0.122. The minimum Gasteiger partial charge on any atom is -0.483 e. The summed E-state index contributed by atoms with van der Waals surface area (Å²) < 4.78 is 0. The smallest absolute Gasteiger partial charge is 0.290 e. The number of fused-ring (bicyclic) bond motifs is 3. The number of hydrogen-bond donors (Lipinski definition) is 3. The van der Waals surface area contributed by atoms with Gasteiger partial charge in [-0.3, -0.25) is 14.7 Å². The maximum absolute atomic E-state index is 12.5. The first kappa shape index (κ1) is 16.4. The Morgan fingerprint density at radius 1 is 1.33 bits per heavy atom. The highest BCUT2D eigenvalue weighted by molar-refractivity contribution is 6.04. The minimum absolute atomic E-state index is 0.0543. The highest BCUT2D eigenvalue weighted by Gasteiger charge is 2.39. The van der Waals surface area contributed by atoms with Crippen molar-refractivity contribution in [2.45, 2.75) is 43.8 Å². The Morgan fingerprint density at radius 3 is 2.62 bits per heavy atom. The van der Waals surface area contributed by atoms with Crippen LogP contribution < -0.4 is 5.32 Å². The first-order valence-corrected chi connectivity index (χ1v) is 8.17. The van der Waals surface area contributed by atoms with E-state index in [1.807, 2.05) is 24.3 Å². The highest BCUT2D eigenvalue weighted by Crippen LogP contribution is 2.34. The fourth-order valence-corrected chi connectivity index (χ4v) is 3.92. The quantitative estimate of drug-likeness (QED) is 0.727. The molecule has 7 heteroatoms. The molecule has 0 aliphatic carbocycles. The molecule has 0 spiro atoms. The Kier molecular flexibility index (Phi) is 4.80. The molecule has 2 aromatic rings. The molecule has 1 aromatic carbocycles. The summed E-state index contributed by atoms with van der Waals surface area (Å²) in [5.74, 6) is -0.0543. The van der Waals surface area contributed by atoms with Crippen LogP contribution in [0.25, 0.3) is 10.9 Å². The molecule has 1 aromatic heterocycles. The van der Waals surface area contributed by atoms with Gasteiger partial charge in [0, 0.05) is 23.5 Å². The van der Waals surface area contributed by atoms with Gasteiger partial charge in [-0.05, 0) is 38.8 Å². The number of hydrogen-bond acceptors (Lipinski definition) is 4. The number of nitrogens with one attached hydrogen (secondary N) is 2. The van der Waals surface area contributed by atoms with Gasteiger partial charge in [0.2, 0.25) is 0 Å². The number of carbonyl (C=O) groups is 2. The number of aromatic nitrogens is 2. The Bertz CT molecular complexity index is 715. The number of carbonyl (C=O) groups excluding carboxylic acids is 1. The average molecular weight is 330 g/mol. The molecular formula is C17H22N4O3. The van der Waals surface area contributed by atoms with Crippen molar-refractivity contribution in [1.82, 2.24) is 20.4 Å². The van der Waals surface area contributed by atoms with Gasteiger partial charge in [0.15, 0.2) is 5.69 Å². The van der Waals surface area contributed by atoms with Crippen molar-refractivity contribution in [2.24, 2.45) is 0 Å². The number of nitrogens with zero attached hydrogens (tertiary/aromatic N) is 2. The van der Waals surface area contributed by atoms with Gasteiger partial charge in [0.25, 0.3) is 12.4 Å². The molecule has 1 amide bonds. The molecule has 2 aliphatic rings. The van der Waals surface area contributed by atoms with Gasteiger partial charge in [-0.2, -0.15) is 5.10 Å². The predicted octanol–water partition coefficient (Wildman–Crippen LogP) is 1.62. The second-order valence-corrected chi connectivity index (χ2v) is 6.42. The second kappa shape index (κ2) is 7.00. The third-order valence-corrected chi connectivity index (χ3v) is 5.12. The summed E-state index contributed by atoms with van der Waals surface area (Å²) >= 11 is 0. The second-order valence-electron chi connectivity index (χ2n) is 6.42. The van der Waals surface area contributed by atoms with E-state index < -0.39 is 0 Å². The molecule has 2 saturated heterocycles. The molecule has 2 unspecified atom stereocenters. The zero-order valence-electron chi connectivity index (χ0n) is 13.6. The lowest BCUT2D eigenvalue weighted by Crippen LogP contribution is -2.48. The number of carboxylic acid groups (broad SMARTS) is 1. The number of piperidine rings is 1. The fourth-order valence-electron chi connectivity index (χ4n) is 3.92. The Balaban J connectivity index is 0.000000526. The van der Waals surface area contributed by atoms with E-state index in [4.69, 9.17) is 9.90 Å². The molecule has 7 nitrogen and oxygen atoms in total. The van der Waals surface area contributed by atoms with Crippen molar-refractivity contribution < 1.29 is 14.7 Å². The summed E-state index contributed by atoms with van der Waals surface area (Å²) in [7, 11) is 2.21. The number of para-hydroxylation sites is 1. The summed E-state index contributed by atoms with van der Waals surface area (Å²) in [5.41, 5.74) is 1.42. The van der Waals surface area contributed by atoms with Gasteiger partial charge in [-0.25, -0.2) is 0 Å². The predicted molar refractivity (Wildman–Crippen MR) is 89.8 cm³/mol. The van der Waals surface area contributed by atoms with Crippen LogP contribution in [0.3, 0.4) is 0 Å². The van der Waals surface area contributed by atoms with E-state index in [-0.39, 0.29) is 18.4 Å². The largest absolute Gasteiger partial charge is 0.483 e. The van der Waals surface area contributed by atoms with E-state index >= 15 is 0 Å². The Hall–Kier alpha value is -2.41. The van der Waals surface area contributed by atoms with Gasteiger partial charge < -0.3 is 15.3 Å². The van der Waals surface area contributed by atoms with Crippen LogP contribution >= 0.6 is 0 Å². The van der Waals surface area contributed by atoms with Crippen LogP contribution in [0.5, 0.6) is 0 Å². The fraction of sp³-hybridized carbons (Fsp3) is 0.471. The monoisotopic (exact) mass is 330 g/mol. The molecule has 128 valence electrons. The van der Waals surface area contributed by atoms with Crippen molar-refractivity contribution >= 4 is 23.3 Å². The Labute approximate surface area is 140 Å². The standard InChI is InChI=1S/C16H20N4O.CH2O2/c1-20-11-6-7-12(20)9-10(8-11)17-16(21)15-13-4-2-3-5-14(13)18-19-15;2-1-3/h2-5,10-12H,6-9H2,1H3,(H,17,21)(H,18,19);1H,(H,2,3). The molecule has 4 rings (SSSR count). The zero-order valence-corrected chi connectivity index (χ0v) is 13.6. The molecule has 2 aliphatic heterocycles. The summed E-state index contributed by atoms with van der Waals surface area (Å²) in [6.45, 7) is -0.250. The lowest BCUT2D eigenvalue weighted by Gasteiger charge is -2.36. The van der Waals surface area contributed by atoms with E-state index in [1.165, 1.54) is 12.8 Å². The SMILES string of the molecule is CN1C2CCC1CC(NC(=O)c1n[nH]c3ccccc13)C2.O=CO. The maximum atomic E-state index is 12.5. The van der Waals surface area contributed by atoms with Crippen LogP contribution in [0.15, 0.2) is 24.3 Å². The van der Waals surface area contributed by atoms with Gasteiger partial charge in [-0.15, -0.1) is 0 Å². The number of rotatable bonds is 2. The van der Waals surface area contributed by atoms with Crippen LogP contribution in [-0.4, -0.2) is 57.8 Å². The number of amides is 1. The number of aromatic amines is 1. The summed E-state index contributed by atoms with van der Waals surface area (Å²) in [5, 5.41) is 18.1. The summed E-state index contributed by atoms with van der Waals surface area (Å²) in [4.78, 5) is 23.3. The highest BCUT2D eigenvalue weighted by atomic mass is 16.3. The summed E-state index contributed by atoms with van der Waals surface area (Å²) in [6.07, 6.45) is 4.64. The van der Waals surface area contributed by atoms with Gasteiger partial charge in [0.1, 0.15) is 0 Å². The first-order valence-electron chi connectivity index (χ1n) is 8.17. The molecule has 3 N–H and O–H groups in total. The van der Waals surface area contributed by atoms with Gasteiger partial charge in [0.05, 0.1) is 5.52 Å². The number of H-pyrrole nitrogens is 1. The molecule has 2 fully saturated rings. The molecule has 24 heavy (non-hydrogen) atoms. The van der Waals surface area contributed by atoms with Gasteiger partial charge >= 0.3 is 0 Å². The van der Waals surface area contributed by atoms with Crippen molar-refractivity contribution in [3.63, 3.8) is 0 Å². The number of benzene rings is 1. The lowest BCUT2D eigenvalue weighted by atomic mass is 9.98. The molecule has 0 radical (unpaired) electrons. The Morgan fingerprint density at radius 2 is 1.96 bits per heavy atom. The van der Waals surface area contributed by atoms with Crippen molar-refractivity contribution in [1.29, 1.82) is 0 Å². The van der Waals surface area contributed by atoms with Gasteiger partial charge in [-0.1, -0.05) is 18.2 Å². The average Bonchev–Trinajstić information content (AvgIpc) is 3.07. The molecular weight excluding hydrogens is 308 g/mol.